The Morgan fingerprint density at radius 1 is 1.50 bits per heavy atom. The Morgan fingerprint density at radius 2 is 2.20 bits per heavy atom. The molecule has 1 N–H and O–H groups in total. The van der Waals surface area contributed by atoms with Gasteiger partial charge in [-0.25, -0.2) is 4.79 Å². The predicted octanol–water partition coefficient (Wildman–Crippen LogP) is 2.10. The zero-order valence-electron chi connectivity index (χ0n) is 12.6. The molecule has 1 aromatic rings. The molecule has 1 fully saturated rings. The van der Waals surface area contributed by atoms with E-state index >= 15 is 0 Å². The Kier molecular flexibility index (Phi) is 4.28. The molecule has 1 amide bonds. The molecule has 0 unspecified atom stereocenters. The van der Waals surface area contributed by atoms with Crippen molar-refractivity contribution in [2.45, 2.75) is 45.9 Å². The number of pyridine rings is 1. The third kappa shape index (κ3) is 3.93. The van der Waals surface area contributed by atoms with Crippen LogP contribution in [0.3, 0.4) is 0 Å². The molecule has 1 aliphatic rings. The second-order valence-electron chi connectivity index (χ2n) is 6.27. The van der Waals surface area contributed by atoms with Crippen LogP contribution in [0, 0.1) is 6.92 Å². The van der Waals surface area contributed by atoms with Gasteiger partial charge < -0.3 is 15.0 Å². The van der Waals surface area contributed by atoms with Crippen molar-refractivity contribution in [2.75, 3.05) is 13.1 Å². The molecule has 0 bridgehead atoms. The third-order valence-corrected chi connectivity index (χ3v) is 3.25. The summed E-state index contributed by atoms with van der Waals surface area (Å²) in [6.07, 6.45) is 3.44. The van der Waals surface area contributed by atoms with Crippen molar-refractivity contribution in [3.8, 4) is 0 Å². The van der Waals surface area contributed by atoms with Crippen molar-refractivity contribution >= 4 is 6.09 Å². The minimum absolute atomic E-state index is 0.226. The van der Waals surface area contributed by atoms with Crippen molar-refractivity contribution in [1.82, 2.24) is 15.2 Å². The molecule has 20 heavy (non-hydrogen) atoms. The van der Waals surface area contributed by atoms with Crippen LogP contribution in [0.2, 0.25) is 0 Å². The molecule has 1 aliphatic heterocycles. The number of hydrogen-bond donors (Lipinski definition) is 1. The van der Waals surface area contributed by atoms with Gasteiger partial charge in [0.1, 0.15) is 5.60 Å². The van der Waals surface area contributed by atoms with E-state index in [1.54, 1.807) is 11.1 Å². The monoisotopic (exact) mass is 277 g/mol. The standard InChI is InChI=1S/C15H23N3O2/c1-11-7-16-6-5-12(11)8-17-13-9-18(10-13)14(19)20-15(2,3)4/h5-7,13,17H,8-10H2,1-4H3. The van der Waals surface area contributed by atoms with E-state index in [2.05, 4.69) is 17.2 Å². The molecule has 2 heterocycles. The van der Waals surface area contributed by atoms with Crippen molar-refractivity contribution < 1.29 is 9.53 Å². The number of likely N-dealkylation sites (tertiary alicyclic amines) is 1. The van der Waals surface area contributed by atoms with Crippen LogP contribution in [-0.2, 0) is 11.3 Å². The highest BCUT2D eigenvalue weighted by Crippen LogP contribution is 2.15. The molecule has 0 aliphatic carbocycles. The van der Waals surface area contributed by atoms with Gasteiger partial charge in [-0.05, 0) is 44.9 Å². The number of aromatic nitrogens is 1. The summed E-state index contributed by atoms with van der Waals surface area (Å²) in [6, 6.07) is 2.36. The quantitative estimate of drug-likeness (QED) is 0.919. The second-order valence-corrected chi connectivity index (χ2v) is 6.27. The molecule has 110 valence electrons. The largest absolute Gasteiger partial charge is 0.444 e. The molecule has 0 saturated carbocycles. The first-order valence-electron chi connectivity index (χ1n) is 6.96. The molecule has 1 saturated heterocycles. The zero-order valence-corrected chi connectivity index (χ0v) is 12.6. The molecule has 0 aromatic carbocycles. The first-order chi connectivity index (χ1) is 9.35. The van der Waals surface area contributed by atoms with Crippen molar-refractivity contribution in [3.63, 3.8) is 0 Å². The van der Waals surface area contributed by atoms with E-state index in [4.69, 9.17) is 4.74 Å². The lowest BCUT2D eigenvalue weighted by atomic mass is 10.1. The molecular weight excluding hydrogens is 254 g/mol. The van der Waals surface area contributed by atoms with Gasteiger partial charge in [-0.1, -0.05) is 0 Å². The topological polar surface area (TPSA) is 54.5 Å². The summed E-state index contributed by atoms with van der Waals surface area (Å²) in [5.41, 5.74) is 2.00. The Labute approximate surface area is 120 Å². The van der Waals surface area contributed by atoms with Crippen LogP contribution in [0.15, 0.2) is 18.5 Å². The summed E-state index contributed by atoms with van der Waals surface area (Å²) in [6.45, 7) is 9.92. The van der Waals surface area contributed by atoms with Gasteiger partial charge in [-0.3, -0.25) is 4.98 Å². The van der Waals surface area contributed by atoms with Gasteiger partial charge in [0.15, 0.2) is 0 Å². The Balaban J connectivity index is 1.72. The lowest BCUT2D eigenvalue weighted by molar-refractivity contribution is 0.00518. The fraction of sp³-hybridized carbons (Fsp3) is 0.600. The fourth-order valence-corrected chi connectivity index (χ4v) is 2.04. The maximum atomic E-state index is 11.8. The highest BCUT2D eigenvalue weighted by Gasteiger charge is 2.33. The van der Waals surface area contributed by atoms with E-state index in [1.807, 2.05) is 33.0 Å². The molecule has 5 nitrogen and oxygen atoms in total. The van der Waals surface area contributed by atoms with E-state index in [1.165, 1.54) is 11.1 Å². The smallest absolute Gasteiger partial charge is 0.410 e. The number of amides is 1. The Hall–Kier alpha value is -1.62. The van der Waals surface area contributed by atoms with Crippen molar-refractivity contribution in [2.24, 2.45) is 0 Å². The van der Waals surface area contributed by atoms with E-state index in [0.717, 1.165) is 6.54 Å². The van der Waals surface area contributed by atoms with Gasteiger partial charge in [0.25, 0.3) is 0 Å². The van der Waals surface area contributed by atoms with Gasteiger partial charge in [0.05, 0.1) is 0 Å². The molecule has 2 rings (SSSR count). The van der Waals surface area contributed by atoms with Crippen molar-refractivity contribution in [3.05, 3.63) is 29.6 Å². The first-order valence-corrected chi connectivity index (χ1v) is 6.96. The van der Waals surface area contributed by atoms with Gasteiger partial charge >= 0.3 is 6.09 Å². The summed E-state index contributed by atoms with van der Waals surface area (Å²) in [7, 11) is 0. The second kappa shape index (κ2) is 5.79. The number of nitrogens with zero attached hydrogens (tertiary/aromatic N) is 2. The Morgan fingerprint density at radius 3 is 2.80 bits per heavy atom. The van der Waals surface area contributed by atoms with E-state index in [0.29, 0.717) is 19.1 Å². The summed E-state index contributed by atoms with van der Waals surface area (Å²) in [4.78, 5) is 17.6. The summed E-state index contributed by atoms with van der Waals surface area (Å²) in [5, 5.41) is 3.45. The summed E-state index contributed by atoms with van der Waals surface area (Å²) in [5.74, 6) is 0. The average Bonchev–Trinajstić information content (AvgIpc) is 2.26. The van der Waals surface area contributed by atoms with Crippen LogP contribution >= 0.6 is 0 Å². The maximum Gasteiger partial charge on any atom is 0.410 e. The lowest BCUT2D eigenvalue weighted by Gasteiger charge is -2.40. The van der Waals surface area contributed by atoms with Crippen LogP contribution in [0.1, 0.15) is 31.9 Å². The van der Waals surface area contributed by atoms with E-state index in [-0.39, 0.29) is 6.09 Å². The summed E-state index contributed by atoms with van der Waals surface area (Å²) >= 11 is 0. The van der Waals surface area contributed by atoms with Gasteiger partial charge in [-0.15, -0.1) is 0 Å². The Bertz CT molecular complexity index is 476. The SMILES string of the molecule is Cc1cnccc1CNC1CN(C(=O)OC(C)(C)C)C1. The predicted molar refractivity (Wildman–Crippen MR) is 77.4 cm³/mol. The number of carbonyl (C=O) groups excluding carboxylic acids is 1. The fourth-order valence-electron chi connectivity index (χ4n) is 2.04. The molecule has 0 atom stereocenters. The van der Waals surface area contributed by atoms with Gasteiger partial charge in [0.2, 0.25) is 0 Å². The minimum atomic E-state index is -0.427. The number of carbonyl (C=O) groups is 1. The average molecular weight is 277 g/mol. The number of rotatable bonds is 3. The molecule has 5 heteroatoms. The molecular formula is C15H23N3O2. The maximum absolute atomic E-state index is 11.8. The number of aryl methyl sites for hydroxylation is 1. The summed E-state index contributed by atoms with van der Waals surface area (Å²) < 4.78 is 5.32. The van der Waals surface area contributed by atoms with Gasteiger partial charge in [0, 0.05) is 38.1 Å². The van der Waals surface area contributed by atoms with Crippen molar-refractivity contribution in [1.29, 1.82) is 0 Å². The minimum Gasteiger partial charge on any atom is -0.444 e. The van der Waals surface area contributed by atoms with Crippen LogP contribution in [0.4, 0.5) is 4.79 Å². The third-order valence-electron chi connectivity index (χ3n) is 3.25. The highest BCUT2D eigenvalue weighted by atomic mass is 16.6. The molecule has 0 spiro atoms. The van der Waals surface area contributed by atoms with Crippen LogP contribution in [-0.4, -0.2) is 40.7 Å². The lowest BCUT2D eigenvalue weighted by Crippen LogP contribution is -2.60. The first kappa shape index (κ1) is 14.8. The molecule has 0 radical (unpaired) electrons. The number of hydrogen-bond acceptors (Lipinski definition) is 4. The normalized spacial score (nSPS) is 15.9. The van der Waals surface area contributed by atoms with Gasteiger partial charge in [-0.2, -0.15) is 0 Å². The van der Waals surface area contributed by atoms with Crippen LogP contribution in [0.5, 0.6) is 0 Å². The number of ether oxygens (including phenoxy) is 1. The number of nitrogens with one attached hydrogen (secondary N) is 1. The van der Waals surface area contributed by atoms with E-state index < -0.39 is 5.60 Å². The van der Waals surface area contributed by atoms with Crippen LogP contribution < -0.4 is 5.32 Å². The van der Waals surface area contributed by atoms with Crippen LogP contribution in [0.25, 0.3) is 0 Å². The van der Waals surface area contributed by atoms with E-state index in [9.17, 15) is 4.79 Å². The molecule has 1 aromatic heterocycles. The highest BCUT2D eigenvalue weighted by molar-refractivity contribution is 5.69. The zero-order chi connectivity index (χ0) is 14.8.